The van der Waals surface area contributed by atoms with E-state index in [1.165, 1.54) is 462 Å². The normalized spacial score (nSPS) is 15.9. The van der Waals surface area contributed by atoms with Gasteiger partial charge in [0.15, 0.2) is 0 Å². The van der Waals surface area contributed by atoms with E-state index in [1.807, 2.05) is 0 Å². The Kier molecular flexibility index (Phi) is 60.5. The van der Waals surface area contributed by atoms with E-state index < -0.39 is 6.94 Å². The van der Waals surface area contributed by atoms with Gasteiger partial charge < -0.3 is 4.43 Å². The maximum Gasteiger partial charge on any atom is 0.396 e. The van der Waals surface area contributed by atoms with Crippen LogP contribution in [0.25, 0.3) is 0 Å². The summed E-state index contributed by atoms with van der Waals surface area (Å²) in [4.78, 5) is 0. The fourth-order valence-corrected chi connectivity index (χ4v) is 24.0. The van der Waals surface area contributed by atoms with Crippen molar-refractivity contribution in [3.05, 3.63) is 0 Å². The second-order valence-corrected chi connectivity index (χ2v) is 36.6. The van der Waals surface area contributed by atoms with Crippen molar-refractivity contribution < 1.29 is 4.43 Å². The van der Waals surface area contributed by atoms with Crippen LogP contribution in [0.2, 0.25) is 5.04 Å². The molecule has 0 saturated carbocycles. The van der Waals surface area contributed by atoms with Crippen LogP contribution in [-0.2, 0) is 4.43 Å². The molecule has 528 valence electrons. The zero-order valence-corrected chi connectivity index (χ0v) is 65.1. The Hall–Kier alpha value is 0.757. The van der Waals surface area contributed by atoms with Crippen LogP contribution in [0.5, 0.6) is 0 Å². The van der Waals surface area contributed by atoms with Crippen molar-refractivity contribution in [1.82, 2.24) is 0 Å². The molecule has 88 heavy (non-hydrogen) atoms. The van der Waals surface area contributed by atoms with E-state index in [9.17, 15) is 0 Å². The minimum atomic E-state index is -3.47. The summed E-state index contributed by atoms with van der Waals surface area (Å²) < 4.78 is 8.79. The highest BCUT2D eigenvalue weighted by Gasteiger charge is 2.78. The van der Waals surface area contributed by atoms with Crippen LogP contribution in [0.4, 0.5) is 0 Å². The molecule has 0 unspecified atom stereocenters. The molecule has 0 aromatic heterocycles. The molecule has 1 aliphatic heterocycles. The number of hydrogen-bond donors (Lipinski definition) is 0. The molecule has 1 saturated heterocycles. The van der Waals surface area contributed by atoms with E-state index >= 15 is 0 Å². The van der Waals surface area contributed by atoms with Gasteiger partial charge in [-0.05, 0) is 56.8 Å². The lowest BCUT2D eigenvalue weighted by Crippen LogP contribution is -2.74. The summed E-state index contributed by atoms with van der Waals surface area (Å²) >= 11 is 18.2. The van der Waals surface area contributed by atoms with E-state index in [2.05, 4.69) is 55.4 Å². The number of hydrogen-bond acceptors (Lipinski definition) is 1. The van der Waals surface area contributed by atoms with Crippen molar-refractivity contribution in [2.75, 3.05) is 0 Å². The standard InChI is InChI=1S/C84H168Cl2OSi/c1-9-17-25-33-41-49-57-65-73-81(74-66-58-50-42-34-26-18-10-2)82(75-67-59-51-43-35-27-19-11-3,76-68-60-52-44-36-28-20-12-4)84(79-71-63-55-47-39-31-23-15-7,80-72-64-56-48-40-32-24-16-8)88(85,86)87-83(81,77-69-61-53-45-37-29-21-13-5)78-70-62-54-46-38-30-22-14-6/h9-80H2,1-8H3. The van der Waals surface area contributed by atoms with Gasteiger partial charge in [0.1, 0.15) is 0 Å². The Balaban J connectivity index is 4.65. The molecule has 1 heterocycles. The molecule has 0 N–H and O–H groups in total. The topological polar surface area (TPSA) is 9.23 Å². The average molecular weight is 1290 g/mol. The lowest BCUT2D eigenvalue weighted by molar-refractivity contribution is -0.221. The van der Waals surface area contributed by atoms with Gasteiger partial charge in [0.05, 0.1) is 5.60 Å². The third kappa shape index (κ3) is 37.3. The van der Waals surface area contributed by atoms with E-state index in [0.29, 0.717) is 0 Å². The summed E-state index contributed by atoms with van der Waals surface area (Å²) in [6, 6.07) is 0. The Bertz CT molecular complexity index is 1310. The predicted octanol–water partition coefficient (Wildman–Crippen LogP) is 33.1. The van der Waals surface area contributed by atoms with E-state index in [-0.39, 0.29) is 21.5 Å². The van der Waals surface area contributed by atoms with E-state index in [0.717, 1.165) is 0 Å². The maximum atomic E-state index is 9.10. The van der Waals surface area contributed by atoms with Crippen molar-refractivity contribution in [3.63, 3.8) is 0 Å². The number of halogens is 2. The predicted molar refractivity (Wildman–Crippen MR) is 407 cm³/mol. The molecule has 1 rings (SSSR count). The zero-order chi connectivity index (χ0) is 64.1. The van der Waals surface area contributed by atoms with Crippen LogP contribution in [0.15, 0.2) is 0 Å². The van der Waals surface area contributed by atoms with Gasteiger partial charge in [-0.15, -0.1) is 22.2 Å². The van der Waals surface area contributed by atoms with Crippen LogP contribution in [0.3, 0.4) is 0 Å². The molecule has 4 heteroatoms. The maximum absolute atomic E-state index is 9.10. The summed E-state index contributed by atoms with van der Waals surface area (Å²) in [6.07, 6.45) is 99.0. The highest BCUT2D eigenvalue weighted by atomic mass is 35.7. The van der Waals surface area contributed by atoms with Gasteiger partial charge in [-0.25, -0.2) is 0 Å². The molecule has 0 amide bonds. The van der Waals surface area contributed by atoms with Crippen LogP contribution >= 0.6 is 22.2 Å². The molecule has 1 fully saturated rings. The molecule has 0 radical (unpaired) electrons. The fourth-order valence-electron chi connectivity index (χ4n) is 17.8. The monoisotopic (exact) mass is 1290 g/mol. The molecule has 0 aliphatic carbocycles. The quantitative estimate of drug-likeness (QED) is 0.0335. The van der Waals surface area contributed by atoms with Gasteiger partial charge >= 0.3 is 6.94 Å². The first-order valence-corrected chi connectivity index (χ1v) is 46.2. The van der Waals surface area contributed by atoms with Gasteiger partial charge in [0, 0.05) is 10.5 Å². The van der Waals surface area contributed by atoms with Crippen LogP contribution in [0, 0.1) is 10.8 Å². The van der Waals surface area contributed by atoms with Crippen LogP contribution < -0.4 is 0 Å². The Labute approximate surface area is 569 Å². The first kappa shape index (κ1) is 86.8. The summed E-state index contributed by atoms with van der Waals surface area (Å²) in [5, 5.41) is -0.141. The molecular formula is C84H168Cl2OSi. The van der Waals surface area contributed by atoms with Crippen molar-refractivity contribution in [2.45, 2.75) is 528 Å². The first-order chi connectivity index (χ1) is 43.2. The third-order valence-corrected chi connectivity index (χ3v) is 28.6. The second-order valence-electron chi connectivity index (χ2n) is 30.7. The zero-order valence-electron chi connectivity index (χ0n) is 62.6. The Morgan fingerprint density at radius 3 is 0.523 bits per heavy atom. The fraction of sp³-hybridized carbons (Fsp3) is 1.00. The minimum Gasteiger partial charge on any atom is -0.385 e. The summed E-state index contributed by atoms with van der Waals surface area (Å²) in [5.41, 5.74) is -0.0868. The summed E-state index contributed by atoms with van der Waals surface area (Å²) in [5.74, 6) is 0. The van der Waals surface area contributed by atoms with Gasteiger partial charge in [-0.3, -0.25) is 0 Å². The van der Waals surface area contributed by atoms with Gasteiger partial charge in [-0.1, -0.05) is 466 Å². The molecule has 1 nitrogen and oxygen atoms in total. The van der Waals surface area contributed by atoms with Crippen molar-refractivity contribution in [3.8, 4) is 0 Å². The Morgan fingerprint density at radius 1 is 0.182 bits per heavy atom. The third-order valence-electron chi connectivity index (χ3n) is 23.2. The molecule has 0 bridgehead atoms. The Morgan fingerprint density at radius 2 is 0.330 bits per heavy atom. The molecule has 1 aliphatic rings. The van der Waals surface area contributed by atoms with Crippen molar-refractivity contribution >= 4 is 29.1 Å². The largest absolute Gasteiger partial charge is 0.396 e. The van der Waals surface area contributed by atoms with Crippen LogP contribution in [0.1, 0.15) is 518 Å². The van der Waals surface area contributed by atoms with Crippen LogP contribution in [-0.4, -0.2) is 12.5 Å². The highest BCUT2D eigenvalue weighted by Crippen LogP contribution is 2.81. The SMILES string of the molecule is CCCCCCCCCCC1(CCCCCCCCCC)O[Si](Cl)(Cl)C(CCCCCCCCCC)(CCCCCCCCCC)C(CCCCCCCCCC)(CCCCCCCCCC)C1(CCCCCCCCCC)CCCCCCCCCC. The molecule has 0 spiro atoms. The minimum absolute atomic E-state index is 0.0789. The number of unbranched alkanes of at least 4 members (excludes halogenated alkanes) is 56. The molecular weight excluding hydrogens is 1120 g/mol. The van der Waals surface area contributed by atoms with Gasteiger partial charge in [0.25, 0.3) is 0 Å². The lowest BCUT2D eigenvalue weighted by atomic mass is 9.42. The molecule has 0 aromatic rings. The van der Waals surface area contributed by atoms with Gasteiger partial charge in [0.2, 0.25) is 0 Å². The summed E-state index contributed by atoms with van der Waals surface area (Å²) in [6.45, 7) is 15.6. The van der Waals surface area contributed by atoms with E-state index in [1.54, 1.807) is 0 Å². The number of rotatable bonds is 72. The van der Waals surface area contributed by atoms with Crippen molar-refractivity contribution in [2.24, 2.45) is 10.8 Å². The second kappa shape index (κ2) is 61.4. The van der Waals surface area contributed by atoms with Crippen molar-refractivity contribution in [1.29, 1.82) is 0 Å². The highest BCUT2D eigenvalue weighted by molar-refractivity contribution is 7.43. The first-order valence-electron chi connectivity index (χ1n) is 42.3. The summed E-state index contributed by atoms with van der Waals surface area (Å²) in [7, 11) is 0. The molecule has 0 aromatic carbocycles. The van der Waals surface area contributed by atoms with E-state index in [4.69, 9.17) is 26.6 Å². The van der Waals surface area contributed by atoms with Gasteiger partial charge in [-0.2, -0.15) is 0 Å². The smallest absolute Gasteiger partial charge is 0.385 e. The molecule has 0 atom stereocenters. The lowest BCUT2D eigenvalue weighted by Gasteiger charge is -2.74. The average Bonchev–Trinajstić information content (AvgIpc) is 0.751.